The molecule has 0 aliphatic heterocycles. The van der Waals surface area contributed by atoms with Crippen molar-refractivity contribution >= 4 is 11.7 Å². The monoisotopic (exact) mass is 264 g/mol. The van der Waals surface area contributed by atoms with E-state index in [1.54, 1.807) is 24.1 Å². The highest BCUT2D eigenvalue weighted by Crippen LogP contribution is 2.04. The molecular formula is C10H12N6O3. The van der Waals surface area contributed by atoms with Crippen LogP contribution in [0.25, 0.3) is 0 Å². The number of carbonyl (C=O) groups excluding carboxylic acids is 1. The molecule has 2 heterocycles. The van der Waals surface area contributed by atoms with E-state index < -0.39 is 4.92 Å². The Labute approximate surface area is 108 Å². The van der Waals surface area contributed by atoms with Gasteiger partial charge in [-0.25, -0.2) is 0 Å². The summed E-state index contributed by atoms with van der Waals surface area (Å²) in [5.41, 5.74) is 0.877. The highest BCUT2D eigenvalue weighted by atomic mass is 16.6. The number of nitrogens with zero attached hydrogens (tertiary/aromatic N) is 5. The Morgan fingerprint density at radius 1 is 1.58 bits per heavy atom. The lowest BCUT2D eigenvalue weighted by Crippen LogP contribution is -2.27. The van der Waals surface area contributed by atoms with Crippen molar-refractivity contribution in [3.05, 3.63) is 40.3 Å². The Balaban J connectivity index is 1.85. The fourth-order valence-electron chi connectivity index (χ4n) is 1.50. The first-order chi connectivity index (χ1) is 9.04. The molecule has 2 aromatic rings. The lowest BCUT2D eigenvalue weighted by molar-refractivity contribution is -0.389. The second-order valence-corrected chi connectivity index (χ2v) is 3.93. The molecular weight excluding hydrogens is 252 g/mol. The predicted octanol–water partition coefficient (Wildman–Crippen LogP) is -0.159. The molecule has 0 aromatic carbocycles. The molecule has 0 atom stereocenters. The van der Waals surface area contributed by atoms with Gasteiger partial charge in [-0.15, -0.1) is 0 Å². The molecule has 1 N–H and O–H groups in total. The average molecular weight is 264 g/mol. The third-order valence-electron chi connectivity index (χ3n) is 2.37. The third kappa shape index (κ3) is 3.37. The Hall–Kier alpha value is -2.71. The van der Waals surface area contributed by atoms with Gasteiger partial charge in [-0.3, -0.25) is 9.48 Å². The van der Waals surface area contributed by atoms with E-state index >= 15 is 0 Å². The molecule has 0 aliphatic rings. The summed E-state index contributed by atoms with van der Waals surface area (Å²) in [6, 6.07) is 1.24. The maximum absolute atomic E-state index is 11.6. The summed E-state index contributed by atoms with van der Waals surface area (Å²) in [6.07, 6.45) is 4.83. The molecule has 9 heteroatoms. The Morgan fingerprint density at radius 3 is 2.95 bits per heavy atom. The van der Waals surface area contributed by atoms with E-state index in [0.717, 1.165) is 5.56 Å². The smallest absolute Gasteiger partial charge is 0.358 e. The summed E-state index contributed by atoms with van der Waals surface area (Å²) >= 11 is 0. The fraction of sp³-hybridized carbons (Fsp3) is 0.300. The number of aromatic nitrogens is 4. The maximum Gasteiger partial charge on any atom is 0.389 e. The van der Waals surface area contributed by atoms with Crippen LogP contribution in [0.4, 0.5) is 5.82 Å². The van der Waals surface area contributed by atoms with E-state index in [1.165, 1.54) is 16.9 Å². The van der Waals surface area contributed by atoms with Crippen LogP contribution in [-0.2, 0) is 24.9 Å². The van der Waals surface area contributed by atoms with Crippen LogP contribution >= 0.6 is 0 Å². The quantitative estimate of drug-likeness (QED) is 0.596. The second-order valence-electron chi connectivity index (χ2n) is 3.93. The number of carbonyl (C=O) groups is 1. The van der Waals surface area contributed by atoms with Crippen LogP contribution in [0.3, 0.4) is 0 Å². The fourth-order valence-corrected chi connectivity index (χ4v) is 1.50. The summed E-state index contributed by atoms with van der Waals surface area (Å²) < 4.78 is 2.86. The van der Waals surface area contributed by atoms with Crippen molar-refractivity contribution in [1.29, 1.82) is 0 Å². The minimum absolute atomic E-state index is 0.0614. The summed E-state index contributed by atoms with van der Waals surface area (Å²) in [4.78, 5) is 21.4. The van der Waals surface area contributed by atoms with Gasteiger partial charge in [0.15, 0.2) is 0 Å². The van der Waals surface area contributed by atoms with Gasteiger partial charge in [-0.2, -0.15) is 9.78 Å². The zero-order chi connectivity index (χ0) is 13.8. The summed E-state index contributed by atoms with van der Waals surface area (Å²) in [5.74, 6) is -0.554. The first kappa shape index (κ1) is 12.7. The Kier molecular flexibility index (Phi) is 3.55. The van der Waals surface area contributed by atoms with Crippen LogP contribution in [-0.4, -0.2) is 30.4 Å². The van der Waals surface area contributed by atoms with Crippen molar-refractivity contribution in [1.82, 2.24) is 24.9 Å². The minimum atomic E-state index is -0.607. The van der Waals surface area contributed by atoms with Gasteiger partial charge in [0.1, 0.15) is 6.54 Å². The Bertz CT molecular complexity index is 602. The summed E-state index contributed by atoms with van der Waals surface area (Å²) in [6.45, 7) is 0.296. The number of rotatable bonds is 5. The van der Waals surface area contributed by atoms with E-state index in [-0.39, 0.29) is 18.3 Å². The zero-order valence-electron chi connectivity index (χ0n) is 10.2. The molecule has 0 aliphatic carbocycles. The molecule has 0 unspecified atom stereocenters. The van der Waals surface area contributed by atoms with Crippen molar-refractivity contribution in [3.8, 4) is 0 Å². The molecule has 9 nitrogen and oxygen atoms in total. The number of amides is 1. The van der Waals surface area contributed by atoms with Gasteiger partial charge in [0.2, 0.25) is 5.91 Å². The van der Waals surface area contributed by atoms with E-state index in [0.29, 0.717) is 6.54 Å². The van der Waals surface area contributed by atoms with E-state index in [9.17, 15) is 14.9 Å². The minimum Gasteiger partial charge on any atom is -0.358 e. The van der Waals surface area contributed by atoms with Gasteiger partial charge >= 0.3 is 5.82 Å². The molecule has 0 saturated carbocycles. The third-order valence-corrected chi connectivity index (χ3v) is 2.37. The van der Waals surface area contributed by atoms with Crippen molar-refractivity contribution in [2.45, 2.75) is 13.1 Å². The van der Waals surface area contributed by atoms with E-state index in [2.05, 4.69) is 15.5 Å². The first-order valence-electron chi connectivity index (χ1n) is 5.46. The SMILES string of the molecule is Cn1cc(CNC(=O)Cn2ccc([N+](=O)[O-])n2)cn1. The standard InChI is InChI=1S/C10H12N6O3/c1-14-6-8(5-12-14)4-11-10(17)7-15-3-2-9(13-15)16(18)19/h2-3,5-6H,4,7H2,1H3,(H,11,17). The van der Waals surface area contributed by atoms with Crippen LogP contribution in [0.5, 0.6) is 0 Å². The maximum atomic E-state index is 11.6. The second kappa shape index (κ2) is 5.29. The lowest BCUT2D eigenvalue weighted by atomic mass is 10.3. The molecule has 0 saturated heterocycles. The molecule has 1 amide bonds. The highest BCUT2D eigenvalue weighted by Gasteiger charge is 2.13. The van der Waals surface area contributed by atoms with Crippen LogP contribution < -0.4 is 5.32 Å². The topological polar surface area (TPSA) is 108 Å². The number of nitrogens with one attached hydrogen (secondary N) is 1. The van der Waals surface area contributed by atoms with Crippen LogP contribution in [0.15, 0.2) is 24.7 Å². The predicted molar refractivity (Wildman–Crippen MR) is 63.9 cm³/mol. The van der Waals surface area contributed by atoms with Crippen molar-refractivity contribution in [2.24, 2.45) is 7.05 Å². The number of nitro groups is 1. The van der Waals surface area contributed by atoms with E-state index in [4.69, 9.17) is 0 Å². The number of hydrogen-bond donors (Lipinski definition) is 1. The highest BCUT2D eigenvalue weighted by molar-refractivity contribution is 5.75. The van der Waals surface area contributed by atoms with Crippen LogP contribution in [0.1, 0.15) is 5.56 Å². The van der Waals surface area contributed by atoms with Gasteiger partial charge in [-0.05, 0) is 4.92 Å². The van der Waals surface area contributed by atoms with Crippen molar-refractivity contribution < 1.29 is 9.72 Å². The average Bonchev–Trinajstić information content (AvgIpc) is 2.96. The largest absolute Gasteiger partial charge is 0.389 e. The summed E-state index contributed by atoms with van der Waals surface area (Å²) in [5, 5.41) is 20.7. The molecule has 2 rings (SSSR count). The molecule has 0 spiro atoms. The van der Waals surface area contributed by atoms with Gasteiger partial charge < -0.3 is 15.4 Å². The van der Waals surface area contributed by atoms with Gasteiger partial charge in [-0.1, -0.05) is 0 Å². The zero-order valence-corrected chi connectivity index (χ0v) is 10.2. The molecule has 0 bridgehead atoms. The van der Waals surface area contributed by atoms with Gasteiger partial charge in [0.25, 0.3) is 0 Å². The molecule has 0 radical (unpaired) electrons. The Morgan fingerprint density at radius 2 is 2.37 bits per heavy atom. The number of aryl methyl sites for hydroxylation is 1. The normalized spacial score (nSPS) is 10.4. The van der Waals surface area contributed by atoms with Crippen LogP contribution in [0, 0.1) is 10.1 Å². The molecule has 2 aromatic heterocycles. The molecule has 100 valence electrons. The molecule has 19 heavy (non-hydrogen) atoms. The van der Waals surface area contributed by atoms with Gasteiger partial charge in [0.05, 0.1) is 23.6 Å². The number of hydrogen-bond acceptors (Lipinski definition) is 5. The first-order valence-corrected chi connectivity index (χ1v) is 5.46. The van der Waals surface area contributed by atoms with Crippen molar-refractivity contribution in [2.75, 3.05) is 0 Å². The lowest BCUT2D eigenvalue weighted by Gasteiger charge is -2.01. The van der Waals surface area contributed by atoms with Gasteiger partial charge in [0, 0.05) is 25.4 Å². The summed E-state index contributed by atoms with van der Waals surface area (Å²) in [7, 11) is 1.79. The van der Waals surface area contributed by atoms with Crippen LogP contribution in [0.2, 0.25) is 0 Å². The molecule has 0 fully saturated rings. The van der Waals surface area contributed by atoms with Crippen molar-refractivity contribution in [3.63, 3.8) is 0 Å². The van der Waals surface area contributed by atoms with E-state index in [1.807, 2.05) is 0 Å².